The third kappa shape index (κ3) is 6.76. The standard InChI is InChI=1S/C18H20F3N3O3S/c1-22-17(23-11-13-7-9-15(10-8-13)28(2,25)26)24-12-14-5-3-4-6-16(14)27-18(19,20)21/h3-10H,11-12H2,1-2H3,(H2,22,23,24). The lowest BCUT2D eigenvalue weighted by molar-refractivity contribution is -0.274. The fourth-order valence-electron chi connectivity index (χ4n) is 2.31. The first kappa shape index (κ1) is 21.5. The van der Waals surface area contributed by atoms with Gasteiger partial charge in [0, 0.05) is 32.0 Å². The van der Waals surface area contributed by atoms with Crippen molar-refractivity contribution in [1.29, 1.82) is 0 Å². The summed E-state index contributed by atoms with van der Waals surface area (Å²) in [6.07, 6.45) is -3.64. The maximum Gasteiger partial charge on any atom is 0.573 e. The summed E-state index contributed by atoms with van der Waals surface area (Å²) in [5.74, 6) is 0.0864. The van der Waals surface area contributed by atoms with Gasteiger partial charge in [-0.2, -0.15) is 0 Å². The fraction of sp³-hybridized carbons (Fsp3) is 0.278. The molecule has 0 fully saturated rings. The van der Waals surface area contributed by atoms with Crippen molar-refractivity contribution >= 4 is 15.8 Å². The Morgan fingerprint density at radius 3 is 2.21 bits per heavy atom. The van der Waals surface area contributed by atoms with Crippen molar-refractivity contribution < 1.29 is 26.3 Å². The Morgan fingerprint density at radius 1 is 1.04 bits per heavy atom. The zero-order valence-electron chi connectivity index (χ0n) is 15.2. The lowest BCUT2D eigenvalue weighted by Crippen LogP contribution is -2.36. The summed E-state index contributed by atoms with van der Waals surface area (Å²) >= 11 is 0. The molecule has 0 unspecified atom stereocenters. The molecule has 0 heterocycles. The Kier molecular flexibility index (Phi) is 6.90. The van der Waals surface area contributed by atoms with Gasteiger partial charge < -0.3 is 15.4 Å². The molecule has 2 aromatic carbocycles. The van der Waals surface area contributed by atoms with Crippen molar-refractivity contribution in [2.75, 3.05) is 13.3 Å². The second-order valence-corrected chi connectivity index (χ2v) is 7.87. The molecule has 2 rings (SSSR count). The van der Waals surface area contributed by atoms with Crippen molar-refractivity contribution in [3.05, 3.63) is 59.7 Å². The van der Waals surface area contributed by atoms with Crippen LogP contribution in [0, 0.1) is 0 Å². The third-order valence-electron chi connectivity index (χ3n) is 3.68. The third-order valence-corrected chi connectivity index (χ3v) is 4.81. The summed E-state index contributed by atoms with van der Waals surface area (Å²) in [5, 5.41) is 5.92. The summed E-state index contributed by atoms with van der Waals surface area (Å²) in [7, 11) is -1.73. The van der Waals surface area contributed by atoms with Crippen LogP contribution in [-0.4, -0.2) is 34.0 Å². The highest BCUT2D eigenvalue weighted by Gasteiger charge is 2.31. The minimum atomic E-state index is -4.77. The van der Waals surface area contributed by atoms with Crippen LogP contribution in [0.5, 0.6) is 5.75 Å². The first-order valence-corrected chi connectivity index (χ1v) is 10.0. The van der Waals surface area contributed by atoms with Gasteiger partial charge in [0.2, 0.25) is 0 Å². The molecule has 152 valence electrons. The molecule has 0 atom stereocenters. The number of alkyl halides is 3. The van der Waals surface area contributed by atoms with Gasteiger partial charge in [0.15, 0.2) is 15.8 Å². The highest BCUT2D eigenvalue weighted by atomic mass is 32.2. The number of rotatable bonds is 6. The van der Waals surface area contributed by atoms with Crippen LogP contribution >= 0.6 is 0 Å². The molecule has 0 aromatic heterocycles. The Bertz CT molecular complexity index is 927. The number of hydrogen-bond acceptors (Lipinski definition) is 4. The average molecular weight is 415 g/mol. The molecule has 0 saturated carbocycles. The van der Waals surface area contributed by atoms with Crippen LogP contribution in [0.15, 0.2) is 58.4 Å². The Labute approximate surface area is 161 Å². The van der Waals surface area contributed by atoms with E-state index in [0.717, 1.165) is 11.8 Å². The highest BCUT2D eigenvalue weighted by Crippen LogP contribution is 2.26. The lowest BCUT2D eigenvalue weighted by atomic mass is 10.2. The Hall–Kier alpha value is -2.75. The maximum absolute atomic E-state index is 12.5. The molecular weight excluding hydrogens is 395 g/mol. The molecule has 0 amide bonds. The van der Waals surface area contributed by atoms with Crippen LogP contribution in [0.3, 0.4) is 0 Å². The van der Waals surface area contributed by atoms with E-state index in [1.165, 1.54) is 37.4 Å². The summed E-state index contributed by atoms with van der Waals surface area (Å²) in [4.78, 5) is 4.24. The molecule has 10 heteroatoms. The lowest BCUT2D eigenvalue weighted by Gasteiger charge is -2.15. The van der Waals surface area contributed by atoms with Crippen molar-refractivity contribution in [3.8, 4) is 5.75 Å². The number of nitrogens with zero attached hydrogens (tertiary/aromatic N) is 1. The van der Waals surface area contributed by atoms with Crippen LogP contribution in [0.4, 0.5) is 13.2 Å². The SMILES string of the molecule is CN=C(NCc1ccc(S(C)(=O)=O)cc1)NCc1ccccc1OC(F)(F)F. The van der Waals surface area contributed by atoms with Gasteiger partial charge in [-0.15, -0.1) is 13.2 Å². The summed E-state index contributed by atoms with van der Waals surface area (Å²) < 4.78 is 64.4. The largest absolute Gasteiger partial charge is 0.573 e. The molecule has 28 heavy (non-hydrogen) atoms. The molecule has 0 radical (unpaired) electrons. The normalized spacial score (nSPS) is 12.5. The van der Waals surface area contributed by atoms with Gasteiger partial charge in [-0.1, -0.05) is 30.3 Å². The number of sulfone groups is 1. The van der Waals surface area contributed by atoms with E-state index < -0.39 is 16.2 Å². The quantitative estimate of drug-likeness (QED) is 0.560. The zero-order valence-corrected chi connectivity index (χ0v) is 16.1. The first-order chi connectivity index (χ1) is 13.1. The van der Waals surface area contributed by atoms with Crippen LogP contribution in [0.25, 0.3) is 0 Å². The number of halogens is 3. The molecule has 6 nitrogen and oxygen atoms in total. The van der Waals surface area contributed by atoms with E-state index in [1.54, 1.807) is 18.2 Å². The van der Waals surface area contributed by atoms with E-state index in [4.69, 9.17) is 0 Å². The smallest absolute Gasteiger partial charge is 0.405 e. The second kappa shape index (κ2) is 8.96. The van der Waals surface area contributed by atoms with Gasteiger partial charge in [-0.05, 0) is 23.8 Å². The van der Waals surface area contributed by atoms with Crippen molar-refractivity contribution in [2.24, 2.45) is 4.99 Å². The van der Waals surface area contributed by atoms with Gasteiger partial charge in [-0.3, -0.25) is 4.99 Å². The number of aliphatic imine (C=N–C) groups is 1. The molecule has 2 aromatic rings. The van der Waals surface area contributed by atoms with E-state index in [1.807, 2.05) is 0 Å². The average Bonchev–Trinajstić information content (AvgIpc) is 2.61. The number of benzene rings is 2. The van der Waals surface area contributed by atoms with Gasteiger partial charge in [0.1, 0.15) is 5.75 Å². The molecular formula is C18H20F3N3O3S. The minimum Gasteiger partial charge on any atom is -0.405 e. The maximum atomic E-state index is 12.5. The van der Waals surface area contributed by atoms with E-state index >= 15 is 0 Å². The number of hydrogen-bond donors (Lipinski definition) is 2. The van der Waals surface area contributed by atoms with E-state index in [0.29, 0.717) is 18.1 Å². The topological polar surface area (TPSA) is 79.8 Å². The molecule has 0 saturated heterocycles. The zero-order chi connectivity index (χ0) is 20.8. The second-order valence-electron chi connectivity index (χ2n) is 5.85. The van der Waals surface area contributed by atoms with Crippen LogP contribution in [-0.2, 0) is 22.9 Å². The van der Waals surface area contributed by atoms with Gasteiger partial charge >= 0.3 is 6.36 Å². The Morgan fingerprint density at radius 2 is 1.64 bits per heavy atom. The van der Waals surface area contributed by atoms with Crippen LogP contribution in [0.1, 0.15) is 11.1 Å². The van der Waals surface area contributed by atoms with E-state index in [2.05, 4.69) is 20.4 Å². The van der Waals surface area contributed by atoms with E-state index in [-0.39, 0.29) is 17.2 Å². The van der Waals surface area contributed by atoms with Gasteiger partial charge in [0.25, 0.3) is 0 Å². The number of ether oxygens (including phenoxy) is 1. The minimum absolute atomic E-state index is 0.0684. The molecule has 0 aliphatic heterocycles. The first-order valence-electron chi connectivity index (χ1n) is 8.15. The number of para-hydroxylation sites is 1. The van der Waals surface area contributed by atoms with Gasteiger partial charge in [-0.25, -0.2) is 8.42 Å². The number of guanidine groups is 1. The van der Waals surface area contributed by atoms with Crippen molar-refractivity contribution in [2.45, 2.75) is 24.3 Å². The number of nitrogens with one attached hydrogen (secondary N) is 2. The van der Waals surface area contributed by atoms with Crippen LogP contribution < -0.4 is 15.4 Å². The molecule has 0 aliphatic carbocycles. The van der Waals surface area contributed by atoms with Gasteiger partial charge in [0.05, 0.1) is 4.90 Å². The monoisotopic (exact) mass is 415 g/mol. The fourth-order valence-corrected chi connectivity index (χ4v) is 2.94. The summed E-state index contributed by atoms with van der Waals surface area (Å²) in [6, 6.07) is 12.2. The highest BCUT2D eigenvalue weighted by molar-refractivity contribution is 7.90. The van der Waals surface area contributed by atoms with Crippen molar-refractivity contribution in [3.63, 3.8) is 0 Å². The Balaban J connectivity index is 1.95. The summed E-state index contributed by atoms with van der Waals surface area (Å²) in [5.41, 5.74) is 1.14. The molecule has 2 N–H and O–H groups in total. The molecule has 0 aliphatic rings. The van der Waals surface area contributed by atoms with E-state index in [9.17, 15) is 21.6 Å². The predicted octanol–water partition coefficient (Wildman–Crippen LogP) is 2.85. The molecule has 0 spiro atoms. The van der Waals surface area contributed by atoms with Crippen molar-refractivity contribution in [1.82, 2.24) is 10.6 Å². The molecule has 0 bridgehead atoms. The summed E-state index contributed by atoms with van der Waals surface area (Å²) in [6.45, 7) is 0.420. The van der Waals surface area contributed by atoms with Crippen LogP contribution in [0.2, 0.25) is 0 Å². The predicted molar refractivity (Wildman–Crippen MR) is 99.7 cm³/mol.